The number of hydrogen-bond acceptors (Lipinski definition) is 2. The smallest absolute Gasteiger partial charge is 0.245 e. The molecular weight excluding hydrogens is 236 g/mol. The number of nitrogens with zero attached hydrogens (tertiary/aromatic N) is 1. The number of nitrogens with one attached hydrogen (secondary N) is 1. The predicted octanol–water partition coefficient (Wildman–Crippen LogP) is 2.67. The Morgan fingerprint density at radius 3 is 2.95 bits per heavy atom. The lowest BCUT2D eigenvalue weighted by atomic mass is 10.0. The summed E-state index contributed by atoms with van der Waals surface area (Å²) in [7, 11) is 0. The van der Waals surface area contributed by atoms with Crippen LogP contribution in [0.3, 0.4) is 0 Å². The molecule has 2 unspecified atom stereocenters. The number of rotatable bonds is 1. The average Bonchev–Trinajstić information content (AvgIpc) is 2.74. The Hall–Kier alpha value is -1.51. The number of para-hydroxylation sites is 1. The van der Waals surface area contributed by atoms with Crippen molar-refractivity contribution in [3.63, 3.8) is 0 Å². The van der Waals surface area contributed by atoms with Crippen LogP contribution in [0.5, 0.6) is 0 Å². The van der Waals surface area contributed by atoms with Crippen LogP contribution in [0, 0.1) is 5.92 Å². The van der Waals surface area contributed by atoms with Crippen LogP contribution in [0.2, 0.25) is 0 Å². The van der Waals surface area contributed by atoms with E-state index in [-0.39, 0.29) is 11.9 Å². The van der Waals surface area contributed by atoms with Crippen molar-refractivity contribution in [2.24, 2.45) is 5.92 Å². The highest BCUT2D eigenvalue weighted by Gasteiger charge is 2.30. The first-order chi connectivity index (χ1) is 9.24. The van der Waals surface area contributed by atoms with Gasteiger partial charge in [-0.25, -0.2) is 0 Å². The van der Waals surface area contributed by atoms with Gasteiger partial charge in [0.15, 0.2) is 0 Å². The summed E-state index contributed by atoms with van der Waals surface area (Å²) in [4.78, 5) is 14.7. The van der Waals surface area contributed by atoms with E-state index in [2.05, 4.69) is 29.3 Å². The SMILES string of the molecule is CC1CCCN(C(=O)C2Cc3ccccc3N2)CC1. The highest BCUT2D eigenvalue weighted by Crippen LogP contribution is 2.27. The first kappa shape index (κ1) is 12.5. The Labute approximate surface area is 115 Å². The van der Waals surface area contributed by atoms with E-state index in [1.807, 2.05) is 12.1 Å². The minimum atomic E-state index is -0.0502. The van der Waals surface area contributed by atoms with E-state index in [0.717, 1.165) is 44.0 Å². The molecule has 1 saturated heterocycles. The lowest BCUT2D eigenvalue weighted by Gasteiger charge is -2.24. The van der Waals surface area contributed by atoms with Gasteiger partial charge in [-0.2, -0.15) is 0 Å². The zero-order valence-electron chi connectivity index (χ0n) is 11.6. The van der Waals surface area contributed by atoms with Crippen molar-refractivity contribution in [1.29, 1.82) is 0 Å². The molecule has 1 aromatic carbocycles. The van der Waals surface area contributed by atoms with Crippen molar-refractivity contribution in [3.05, 3.63) is 29.8 Å². The Balaban J connectivity index is 1.66. The molecule has 0 aromatic heterocycles. The third-order valence-corrected chi connectivity index (χ3v) is 4.40. The molecule has 2 heterocycles. The van der Waals surface area contributed by atoms with Gasteiger partial charge in [0.2, 0.25) is 5.91 Å². The molecule has 3 heteroatoms. The minimum Gasteiger partial charge on any atom is -0.373 e. The maximum Gasteiger partial charge on any atom is 0.245 e. The van der Waals surface area contributed by atoms with Crippen LogP contribution in [0.15, 0.2) is 24.3 Å². The van der Waals surface area contributed by atoms with Gasteiger partial charge in [-0.15, -0.1) is 0 Å². The zero-order valence-corrected chi connectivity index (χ0v) is 11.6. The molecule has 19 heavy (non-hydrogen) atoms. The molecule has 3 rings (SSSR count). The van der Waals surface area contributed by atoms with Gasteiger partial charge in [0.25, 0.3) is 0 Å². The van der Waals surface area contributed by atoms with E-state index in [0.29, 0.717) is 0 Å². The number of fused-ring (bicyclic) bond motifs is 1. The summed E-state index contributed by atoms with van der Waals surface area (Å²) >= 11 is 0. The van der Waals surface area contributed by atoms with E-state index >= 15 is 0 Å². The lowest BCUT2D eigenvalue weighted by Crippen LogP contribution is -2.42. The zero-order chi connectivity index (χ0) is 13.2. The number of likely N-dealkylation sites (tertiary alicyclic amines) is 1. The molecule has 0 spiro atoms. The Morgan fingerprint density at radius 2 is 2.11 bits per heavy atom. The molecule has 1 fully saturated rings. The molecule has 0 bridgehead atoms. The number of amides is 1. The summed E-state index contributed by atoms with van der Waals surface area (Å²) in [5.41, 5.74) is 2.40. The third-order valence-electron chi connectivity index (χ3n) is 4.40. The second-order valence-electron chi connectivity index (χ2n) is 5.92. The van der Waals surface area contributed by atoms with Crippen LogP contribution >= 0.6 is 0 Å². The van der Waals surface area contributed by atoms with Crippen molar-refractivity contribution in [2.45, 2.75) is 38.6 Å². The molecule has 0 radical (unpaired) electrons. The van der Waals surface area contributed by atoms with Gasteiger partial charge in [0.05, 0.1) is 0 Å². The molecule has 0 aliphatic carbocycles. The van der Waals surface area contributed by atoms with Gasteiger partial charge in [0, 0.05) is 25.2 Å². The first-order valence-corrected chi connectivity index (χ1v) is 7.37. The second kappa shape index (κ2) is 5.24. The van der Waals surface area contributed by atoms with Crippen LogP contribution in [-0.4, -0.2) is 29.9 Å². The van der Waals surface area contributed by atoms with Gasteiger partial charge >= 0.3 is 0 Å². The second-order valence-corrected chi connectivity index (χ2v) is 5.92. The largest absolute Gasteiger partial charge is 0.373 e. The molecule has 3 nitrogen and oxygen atoms in total. The highest BCUT2D eigenvalue weighted by molar-refractivity contribution is 5.87. The van der Waals surface area contributed by atoms with Crippen molar-refractivity contribution >= 4 is 11.6 Å². The molecule has 1 aromatic rings. The van der Waals surface area contributed by atoms with E-state index in [1.165, 1.54) is 12.0 Å². The summed E-state index contributed by atoms with van der Waals surface area (Å²) in [6.07, 6.45) is 4.38. The Morgan fingerprint density at radius 1 is 1.26 bits per heavy atom. The fourth-order valence-electron chi connectivity index (χ4n) is 3.15. The molecule has 2 aliphatic rings. The Bertz CT molecular complexity index is 447. The van der Waals surface area contributed by atoms with Crippen molar-refractivity contribution < 1.29 is 4.79 Å². The van der Waals surface area contributed by atoms with E-state index in [4.69, 9.17) is 0 Å². The van der Waals surface area contributed by atoms with Crippen LogP contribution in [0.1, 0.15) is 31.7 Å². The topological polar surface area (TPSA) is 32.3 Å². The molecule has 2 atom stereocenters. The van der Waals surface area contributed by atoms with Crippen LogP contribution < -0.4 is 5.32 Å². The van der Waals surface area contributed by atoms with E-state index < -0.39 is 0 Å². The predicted molar refractivity (Wildman–Crippen MR) is 77.2 cm³/mol. The van der Waals surface area contributed by atoms with Gasteiger partial charge < -0.3 is 10.2 Å². The summed E-state index contributed by atoms with van der Waals surface area (Å²) in [6.45, 7) is 4.14. The van der Waals surface area contributed by atoms with E-state index in [1.54, 1.807) is 0 Å². The van der Waals surface area contributed by atoms with Gasteiger partial charge in [-0.3, -0.25) is 4.79 Å². The number of hydrogen-bond donors (Lipinski definition) is 1. The number of carbonyl (C=O) groups is 1. The minimum absolute atomic E-state index is 0.0502. The molecular formula is C16H22N2O. The number of anilines is 1. The highest BCUT2D eigenvalue weighted by atomic mass is 16.2. The first-order valence-electron chi connectivity index (χ1n) is 7.37. The maximum atomic E-state index is 12.6. The molecule has 102 valence electrons. The molecule has 0 saturated carbocycles. The number of carbonyl (C=O) groups excluding carboxylic acids is 1. The normalized spacial score (nSPS) is 26.5. The van der Waals surface area contributed by atoms with Crippen molar-refractivity contribution in [1.82, 2.24) is 4.90 Å². The third kappa shape index (κ3) is 2.60. The summed E-state index contributed by atoms with van der Waals surface area (Å²) < 4.78 is 0. The van der Waals surface area contributed by atoms with Crippen LogP contribution in [0.4, 0.5) is 5.69 Å². The van der Waals surface area contributed by atoms with Gasteiger partial charge in [-0.05, 0) is 36.8 Å². The summed E-state index contributed by atoms with van der Waals surface area (Å²) in [5.74, 6) is 1.04. The van der Waals surface area contributed by atoms with Crippen molar-refractivity contribution in [3.8, 4) is 0 Å². The van der Waals surface area contributed by atoms with Gasteiger partial charge in [-0.1, -0.05) is 25.1 Å². The fraction of sp³-hybridized carbons (Fsp3) is 0.562. The van der Waals surface area contributed by atoms with Crippen LogP contribution in [0.25, 0.3) is 0 Å². The van der Waals surface area contributed by atoms with Crippen molar-refractivity contribution in [2.75, 3.05) is 18.4 Å². The molecule has 1 N–H and O–H groups in total. The van der Waals surface area contributed by atoms with E-state index in [9.17, 15) is 4.79 Å². The number of benzene rings is 1. The summed E-state index contributed by atoms with van der Waals surface area (Å²) in [6, 6.07) is 8.19. The standard InChI is InChI=1S/C16H22N2O/c1-12-5-4-9-18(10-8-12)16(19)15-11-13-6-2-3-7-14(13)17-15/h2-3,6-7,12,15,17H,4-5,8-11H2,1H3. The maximum absolute atomic E-state index is 12.6. The quantitative estimate of drug-likeness (QED) is 0.840. The van der Waals surface area contributed by atoms with Gasteiger partial charge in [0.1, 0.15) is 6.04 Å². The average molecular weight is 258 g/mol. The fourth-order valence-corrected chi connectivity index (χ4v) is 3.15. The Kier molecular flexibility index (Phi) is 3.45. The lowest BCUT2D eigenvalue weighted by molar-refractivity contribution is -0.131. The monoisotopic (exact) mass is 258 g/mol. The molecule has 2 aliphatic heterocycles. The summed E-state index contributed by atoms with van der Waals surface area (Å²) in [5, 5.41) is 3.37. The van der Waals surface area contributed by atoms with Crippen LogP contribution in [-0.2, 0) is 11.2 Å². The molecule has 1 amide bonds.